The summed E-state index contributed by atoms with van der Waals surface area (Å²) in [5, 5.41) is 12.8. The molecule has 1 aliphatic carbocycles. The highest BCUT2D eigenvalue weighted by atomic mass is 16.4. The number of aliphatic carboxylic acids is 1. The first kappa shape index (κ1) is 10.1. The minimum atomic E-state index is -0.785. The Morgan fingerprint density at radius 3 is 3.12 bits per heavy atom. The molecule has 0 unspecified atom stereocenters. The van der Waals surface area contributed by atoms with Crippen LogP contribution in [0.4, 0.5) is 0 Å². The van der Waals surface area contributed by atoms with E-state index in [-0.39, 0.29) is 17.4 Å². The molecule has 17 heavy (non-hydrogen) atoms. The fraction of sp³-hybridized carbons (Fsp3) is 0.364. The van der Waals surface area contributed by atoms with Crippen molar-refractivity contribution in [2.75, 3.05) is 0 Å². The van der Waals surface area contributed by atoms with Gasteiger partial charge >= 0.3 is 5.97 Å². The molecule has 0 aromatic carbocycles. The molecule has 0 radical (unpaired) electrons. The third-order valence-corrected chi connectivity index (χ3v) is 3.20. The maximum atomic E-state index is 12.0. The van der Waals surface area contributed by atoms with Crippen molar-refractivity contribution in [3.63, 3.8) is 0 Å². The van der Waals surface area contributed by atoms with Gasteiger partial charge in [-0.1, -0.05) is 0 Å². The summed E-state index contributed by atoms with van der Waals surface area (Å²) < 4.78 is 3.00. The highest BCUT2D eigenvalue weighted by molar-refractivity contribution is 5.73. The molecule has 1 fully saturated rings. The Balaban J connectivity index is 1.89. The van der Waals surface area contributed by atoms with Gasteiger partial charge in [0.1, 0.15) is 11.8 Å². The molecule has 6 nitrogen and oxygen atoms in total. The number of rotatable bonds is 3. The number of fused-ring (bicyclic) bond motifs is 1. The van der Waals surface area contributed by atoms with E-state index in [0.29, 0.717) is 18.5 Å². The van der Waals surface area contributed by atoms with Gasteiger partial charge in [-0.25, -0.2) is 4.68 Å². The Hall–Kier alpha value is -2.11. The second kappa shape index (κ2) is 3.44. The molecule has 2 heterocycles. The lowest BCUT2D eigenvalue weighted by molar-refractivity contribution is -0.138. The lowest BCUT2D eigenvalue weighted by Gasteiger charge is -2.03. The Morgan fingerprint density at radius 1 is 1.59 bits per heavy atom. The van der Waals surface area contributed by atoms with Crippen LogP contribution in [0.5, 0.6) is 0 Å². The molecule has 0 amide bonds. The third-order valence-electron chi connectivity index (χ3n) is 3.20. The van der Waals surface area contributed by atoms with Gasteiger partial charge in [0.25, 0.3) is 5.56 Å². The van der Waals surface area contributed by atoms with Crippen LogP contribution < -0.4 is 5.56 Å². The van der Waals surface area contributed by atoms with Gasteiger partial charge < -0.3 is 9.51 Å². The summed E-state index contributed by atoms with van der Waals surface area (Å²) in [7, 11) is 0. The van der Waals surface area contributed by atoms with Crippen LogP contribution in [0.25, 0.3) is 5.52 Å². The summed E-state index contributed by atoms with van der Waals surface area (Å²) in [6.07, 6.45) is 3.95. The molecular formula is C11H11N3O3. The minimum Gasteiger partial charge on any atom is -0.481 e. The summed E-state index contributed by atoms with van der Waals surface area (Å²) in [5.41, 5.74) is 0.390. The molecule has 0 saturated heterocycles. The van der Waals surface area contributed by atoms with Crippen LogP contribution in [0.1, 0.15) is 6.42 Å². The normalized spacial score (nSPS) is 22.8. The van der Waals surface area contributed by atoms with Gasteiger partial charge in [0.15, 0.2) is 0 Å². The van der Waals surface area contributed by atoms with Crippen LogP contribution in [-0.2, 0) is 11.3 Å². The number of nitrogens with zero attached hydrogens (tertiary/aromatic N) is 3. The van der Waals surface area contributed by atoms with Crippen LogP contribution >= 0.6 is 0 Å². The van der Waals surface area contributed by atoms with E-state index in [4.69, 9.17) is 5.11 Å². The van der Waals surface area contributed by atoms with Crippen LogP contribution in [0.15, 0.2) is 29.5 Å². The van der Waals surface area contributed by atoms with Crippen molar-refractivity contribution in [3.05, 3.63) is 35.0 Å². The first-order chi connectivity index (χ1) is 8.16. The standard InChI is InChI=1S/C11H11N3O3/c15-10-9-2-1-3-13(9)6-12-14(10)5-7-4-8(7)11(16)17/h1-3,6-8H,4-5H2,(H,16,17)/t7-,8+/m0/s1. The molecule has 2 atom stereocenters. The van der Waals surface area contributed by atoms with E-state index >= 15 is 0 Å². The number of hydrogen-bond acceptors (Lipinski definition) is 3. The first-order valence-corrected chi connectivity index (χ1v) is 5.42. The fourth-order valence-corrected chi connectivity index (χ4v) is 2.08. The van der Waals surface area contributed by atoms with E-state index < -0.39 is 5.97 Å². The van der Waals surface area contributed by atoms with Crippen LogP contribution in [-0.4, -0.2) is 25.3 Å². The van der Waals surface area contributed by atoms with E-state index in [1.54, 1.807) is 29.1 Å². The molecule has 2 aromatic heterocycles. The molecule has 3 rings (SSSR count). The molecule has 1 saturated carbocycles. The van der Waals surface area contributed by atoms with Gasteiger partial charge in [0.2, 0.25) is 0 Å². The number of aromatic nitrogens is 3. The number of carboxylic acid groups (broad SMARTS) is 1. The molecule has 0 spiro atoms. The smallest absolute Gasteiger partial charge is 0.306 e. The van der Waals surface area contributed by atoms with Gasteiger partial charge in [0, 0.05) is 12.7 Å². The van der Waals surface area contributed by atoms with Gasteiger partial charge in [-0.05, 0) is 24.5 Å². The highest BCUT2D eigenvalue weighted by Crippen LogP contribution is 2.39. The van der Waals surface area contributed by atoms with Crippen LogP contribution in [0.3, 0.4) is 0 Å². The molecule has 2 aromatic rings. The average molecular weight is 233 g/mol. The maximum Gasteiger partial charge on any atom is 0.306 e. The Bertz CT molecular complexity index is 643. The molecule has 0 bridgehead atoms. The van der Waals surface area contributed by atoms with Crippen LogP contribution in [0, 0.1) is 11.8 Å². The molecule has 1 N–H and O–H groups in total. The monoisotopic (exact) mass is 233 g/mol. The summed E-state index contributed by atoms with van der Waals surface area (Å²) in [5.74, 6) is -1.06. The van der Waals surface area contributed by atoms with Crippen LogP contribution in [0.2, 0.25) is 0 Å². The molecule has 6 heteroatoms. The van der Waals surface area contributed by atoms with Crippen molar-refractivity contribution < 1.29 is 9.90 Å². The van der Waals surface area contributed by atoms with Gasteiger partial charge in [-0.3, -0.25) is 9.59 Å². The zero-order chi connectivity index (χ0) is 12.0. The van der Waals surface area contributed by atoms with Gasteiger partial charge in [0.05, 0.1) is 5.92 Å². The quantitative estimate of drug-likeness (QED) is 0.822. The summed E-state index contributed by atoms with van der Waals surface area (Å²) in [6.45, 7) is 0.386. The van der Waals surface area contributed by atoms with E-state index in [9.17, 15) is 9.59 Å². The first-order valence-electron chi connectivity index (χ1n) is 5.42. The predicted octanol–water partition coefficient (Wildman–Crippen LogP) is 0.217. The average Bonchev–Trinajstić information content (AvgIpc) is 2.89. The maximum absolute atomic E-state index is 12.0. The topological polar surface area (TPSA) is 76.6 Å². The van der Waals surface area contributed by atoms with E-state index in [1.165, 1.54) is 4.68 Å². The summed E-state index contributed by atoms with van der Waals surface area (Å²) in [6, 6.07) is 3.50. The largest absolute Gasteiger partial charge is 0.481 e. The van der Waals surface area contributed by atoms with Crippen molar-refractivity contribution >= 4 is 11.5 Å². The van der Waals surface area contributed by atoms with E-state index in [1.807, 2.05) is 0 Å². The minimum absolute atomic E-state index is 0.0371. The number of hydrogen-bond donors (Lipinski definition) is 1. The van der Waals surface area contributed by atoms with E-state index in [2.05, 4.69) is 5.10 Å². The van der Waals surface area contributed by atoms with Crippen molar-refractivity contribution in [1.29, 1.82) is 0 Å². The summed E-state index contributed by atoms with van der Waals surface area (Å²) in [4.78, 5) is 22.7. The Morgan fingerprint density at radius 2 is 2.41 bits per heavy atom. The Kier molecular flexibility index (Phi) is 2.04. The molecular weight excluding hydrogens is 222 g/mol. The predicted molar refractivity (Wildman–Crippen MR) is 58.7 cm³/mol. The lowest BCUT2D eigenvalue weighted by atomic mass is 10.3. The number of carbonyl (C=O) groups is 1. The van der Waals surface area contributed by atoms with E-state index in [0.717, 1.165) is 0 Å². The Labute approximate surface area is 96.1 Å². The highest BCUT2D eigenvalue weighted by Gasteiger charge is 2.43. The third kappa shape index (κ3) is 1.61. The lowest BCUT2D eigenvalue weighted by Crippen LogP contribution is -2.25. The fourth-order valence-electron chi connectivity index (χ4n) is 2.08. The molecule has 88 valence electrons. The SMILES string of the molecule is O=C(O)[C@@H]1C[C@H]1Cn1ncn2cccc2c1=O. The molecule has 0 aliphatic heterocycles. The molecule has 1 aliphatic rings. The zero-order valence-corrected chi connectivity index (χ0v) is 8.98. The van der Waals surface area contributed by atoms with Gasteiger partial charge in [-0.15, -0.1) is 0 Å². The van der Waals surface area contributed by atoms with Gasteiger partial charge in [-0.2, -0.15) is 5.10 Å². The van der Waals surface area contributed by atoms with Crippen molar-refractivity contribution in [3.8, 4) is 0 Å². The summed E-state index contributed by atoms with van der Waals surface area (Å²) >= 11 is 0. The second-order valence-electron chi connectivity index (χ2n) is 4.36. The second-order valence-corrected chi connectivity index (χ2v) is 4.36. The number of carboxylic acids is 1. The van der Waals surface area contributed by atoms with Crippen molar-refractivity contribution in [2.24, 2.45) is 11.8 Å². The van der Waals surface area contributed by atoms with Crippen molar-refractivity contribution in [1.82, 2.24) is 14.2 Å². The zero-order valence-electron chi connectivity index (χ0n) is 8.98. The van der Waals surface area contributed by atoms with Crippen molar-refractivity contribution in [2.45, 2.75) is 13.0 Å².